The van der Waals surface area contributed by atoms with Crippen molar-refractivity contribution in [2.75, 3.05) is 10.7 Å². The van der Waals surface area contributed by atoms with Crippen LogP contribution in [0.15, 0.2) is 28.6 Å². The van der Waals surface area contributed by atoms with Gasteiger partial charge in [-0.3, -0.25) is 4.79 Å². The van der Waals surface area contributed by atoms with E-state index in [-0.39, 0.29) is 5.91 Å². The third kappa shape index (κ3) is 4.21. The van der Waals surface area contributed by atoms with Gasteiger partial charge in [0.25, 0.3) is 0 Å². The molecule has 0 spiro atoms. The number of amides is 1. The van der Waals surface area contributed by atoms with Crippen LogP contribution in [0.25, 0.3) is 0 Å². The topological polar surface area (TPSA) is 46.1 Å². The molecular weight excluding hydrogens is 338 g/mol. The number of aromatic nitrogens is 2. The number of alkyl halides is 1. The van der Waals surface area contributed by atoms with Gasteiger partial charge in [-0.25, -0.2) is 0 Å². The van der Waals surface area contributed by atoms with E-state index < -0.39 is 5.38 Å². The summed E-state index contributed by atoms with van der Waals surface area (Å²) in [6.45, 7) is 6.13. The highest BCUT2D eigenvalue weighted by Crippen LogP contribution is 2.27. The largest absolute Gasteiger partial charge is 0.304 e. The number of hydrogen-bond donors (Lipinski definition) is 0. The lowest BCUT2D eigenvalue weighted by atomic mass is 10.1. The van der Waals surface area contributed by atoms with Crippen LogP contribution < -0.4 is 4.90 Å². The summed E-state index contributed by atoms with van der Waals surface area (Å²) in [6, 6.07) is 7.77. The van der Waals surface area contributed by atoms with Crippen LogP contribution >= 0.6 is 34.7 Å². The maximum atomic E-state index is 12.5. The lowest BCUT2D eigenvalue weighted by molar-refractivity contribution is -0.118. The van der Waals surface area contributed by atoms with Gasteiger partial charge in [-0.15, -0.1) is 21.8 Å². The summed E-state index contributed by atoms with van der Waals surface area (Å²) >= 11 is 9.19. The van der Waals surface area contributed by atoms with Gasteiger partial charge >= 0.3 is 0 Å². The summed E-state index contributed by atoms with van der Waals surface area (Å²) < 4.78 is 0.925. The first-order chi connectivity index (χ1) is 10.5. The molecule has 1 heterocycles. The van der Waals surface area contributed by atoms with Crippen LogP contribution in [0.1, 0.15) is 24.4 Å². The van der Waals surface area contributed by atoms with Crippen molar-refractivity contribution in [2.45, 2.75) is 37.0 Å². The molecule has 0 fully saturated rings. The number of anilines is 1. The van der Waals surface area contributed by atoms with E-state index in [4.69, 9.17) is 11.6 Å². The molecule has 2 rings (SSSR count). The van der Waals surface area contributed by atoms with E-state index in [1.165, 1.54) is 11.3 Å². The van der Waals surface area contributed by atoms with Crippen molar-refractivity contribution >= 4 is 46.3 Å². The summed E-state index contributed by atoms with van der Waals surface area (Å²) in [6.07, 6.45) is 0. The van der Waals surface area contributed by atoms with Crippen LogP contribution in [0.4, 0.5) is 5.69 Å². The maximum absolute atomic E-state index is 12.5. The highest BCUT2D eigenvalue weighted by Gasteiger charge is 2.23. The molecule has 2 aromatic rings. The summed E-state index contributed by atoms with van der Waals surface area (Å²) in [5.74, 6) is 0.823. The molecule has 0 saturated heterocycles. The Morgan fingerprint density at radius 1 is 1.41 bits per heavy atom. The van der Waals surface area contributed by atoms with Gasteiger partial charge in [-0.2, -0.15) is 0 Å². The molecule has 4 nitrogen and oxygen atoms in total. The number of carbonyl (C=O) groups excluding carboxylic acids is 1. The zero-order valence-electron chi connectivity index (χ0n) is 12.7. The Hall–Kier alpha value is -1.11. The molecule has 118 valence electrons. The molecule has 0 radical (unpaired) electrons. The smallest absolute Gasteiger partial charge is 0.245 e. The van der Waals surface area contributed by atoms with Crippen molar-refractivity contribution < 1.29 is 4.79 Å². The van der Waals surface area contributed by atoms with Gasteiger partial charge in [-0.05, 0) is 31.2 Å². The monoisotopic (exact) mass is 355 g/mol. The summed E-state index contributed by atoms with van der Waals surface area (Å²) in [5.41, 5.74) is 1.89. The Bertz CT molecular complexity index is 645. The average Bonchev–Trinajstić information content (AvgIpc) is 2.93. The third-order valence-corrected chi connectivity index (χ3v) is 5.13. The quantitative estimate of drug-likeness (QED) is 0.577. The van der Waals surface area contributed by atoms with Crippen molar-refractivity contribution in [3.8, 4) is 0 Å². The number of hydrogen-bond acceptors (Lipinski definition) is 5. The van der Waals surface area contributed by atoms with Gasteiger partial charge < -0.3 is 4.90 Å². The predicted octanol–water partition coefficient (Wildman–Crippen LogP) is 4.12. The van der Waals surface area contributed by atoms with Crippen LogP contribution in [0, 0.1) is 6.92 Å². The molecule has 1 aromatic heterocycles. The second kappa shape index (κ2) is 7.94. The Kier molecular flexibility index (Phi) is 6.23. The second-order valence-electron chi connectivity index (χ2n) is 4.72. The maximum Gasteiger partial charge on any atom is 0.245 e. The Balaban J connectivity index is 2.28. The molecule has 0 N–H and O–H groups in total. The molecule has 1 unspecified atom stereocenters. The van der Waals surface area contributed by atoms with Crippen LogP contribution in [-0.4, -0.2) is 27.2 Å². The first-order valence-corrected chi connectivity index (χ1v) is 9.23. The number of nitrogens with zero attached hydrogens (tertiary/aromatic N) is 3. The highest BCUT2D eigenvalue weighted by molar-refractivity contribution is 8.00. The van der Waals surface area contributed by atoms with E-state index in [1.54, 1.807) is 23.6 Å². The number of rotatable bonds is 6. The van der Waals surface area contributed by atoms with E-state index in [0.29, 0.717) is 6.54 Å². The van der Waals surface area contributed by atoms with Gasteiger partial charge in [0, 0.05) is 5.69 Å². The minimum Gasteiger partial charge on any atom is -0.304 e. The van der Waals surface area contributed by atoms with Crippen LogP contribution in [0.3, 0.4) is 0 Å². The van der Waals surface area contributed by atoms with Crippen molar-refractivity contribution in [1.29, 1.82) is 0 Å². The molecule has 0 aliphatic heterocycles. The number of aryl methyl sites for hydroxylation is 1. The molecule has 1 aromatic carbocycles. The molecular formula is C15H18ClN3OS2. The Morgan fingerprint density at radius 2 is 2.14 bits per heavy atom. The second-order valence-corrected chi connectivity index (χ2v) is 7.95. The first-order valence-electron chi connectivity index (χ1n) is 6.99. The van der Waals surface area contributed by atoms with Crippen molar-refractivity contribution in [2.24, 2.45) is 0 Å². The third-order valence-electron chi connectivity index (χ3n) is 3.02. The lowest BCUT2D eigenvalue weighted by Crippen LogP contribution is -2.35. The molecule has 7 heteroatoms. The molecule has 0 saturated carbocycles. The summed E-state index contributed by atoms with van der Waals surface area (Å²) in [7, 11) is 0. The molecule has 1 amide bonds. The minimum atomic E-state index is -0.586. The normalized spacial score (nSPS) is 12.2. The molecule has 0 aliphatic carbocycles. The van der Waals surface area contributed by atoms with E-state index in [0.717, 1.165) is 26.4 Å². The van der Waals surface area contributed by atoms with Crippen LogP contribution in [0.5, 0.6) is 0 Å². The Labute approximate surface area is 143 Å². The Morgan fingerprint density at radius 3 is 2.77 bits per heavy atom. The van der Waals surface area contributed by atoms with Crippen LogP contribution in [-0.2, 0) is 11.3 Å². The minimum absolute atomic E-state index is 0.129. The molecule has 22 heavy (non-hydrogen) atoms. The van der Waals surface area contributed by atoms with Gasteiger partial charge in [0.15, 0.2) is 4.34 Å². The predicted molar refractivity (Wildman–Crippen MR) is 94.0 cm³/mol. The highest BCUT2D eigenvalue weighted by atomic mass is 35.5. The first kappa shape index (κ1) is 17.2. The molecule has 0 aliphatic rings. The van der Waals surface area contributed by atoms with Gasteiger partial charge in [-0.1, -0.05) is 48.2 Å². The van der Waals surface area contributed by atoms with E-state index in [1.807, 2.05) is 31.2 Å². The van der Waals surface area contributed by atoms with Crippen molar-refractivity contribution in [3.63, 3.8) is 0 Å². The fourth-order valence-corrected chi connectivity index (χ4v) is 3.88. The number of halogens is 1. The van der Waals surface area contributed by atoms with Gasteiger partial charge in [0.2, 0.25) is 5.91 Å². The number of benzene rings is 1. The van der Waals surface area contributed by atoms with Gasteiger partial charge in [0.05, 0.1) is 6.54 Å². The number of para-hydroxylation sites is 1. The van der Waals surface area contributed by atoms with Gasteiger partial charge in [0.1, 0.15) is 10.4 Å². The summed E-state index contributed by atoms with van der Waals surface area (Å²) in [5, 5.41) is 8.55. The van der Waals surface area contributed by atoms with Crippen molar-refractivity contribution in [1.82, 2.24) is 10.2 Å². The number of carbonyl (C=O) groups is 1. The SMILES string of the molecule is CCSc1nnc(CN(C(=O)C(C)Cl)c2ccccc2C)s1. The van der Waals surface area contributed by atoms with E-state index >= 15 is 0 Å². The van der Waals surface area contributed by atoms with E-state index in [2.05, 4.69) is 17.1 Å². The fraction of sp³-hybridized carbons (Fsp3) is 0.400. The standard InChI is InChI=1S/C15H18ClN3OS2/c1-4-21-15-18-17-13(22-15)9-19(14(20)11(3)16)12-8-6-5-7-10(12)2/h5-8,11H,4,9H2,1-3H3. The fourth-order valence-electron chi connectivity index (χ4n) is 1.98. The lowest BCUT2D eigenvalue weighted by Gasteiger charge is -2.24. The molecule has 0 bridgehead atoms. The molecule has 1 atom stereocenters. The number of thioether (sulfide) groups is 1. The van der Waals surface area contributed by atoms with Crippen LogP contribution in [0.2, 0.25) is 0 Å². The summed E-state index contributed by atoms with van der Waals surface area (Å²) in [4.78, 5) is 14.2. The van der Waals surface area contributed by atoms with E-state index in [9.17, 15) is 4.79 Å². The average molecular weight is 356 g/mol. The zero-order valence-corrected chi connectivity index (χ0v) is 15.1. The zero-order chi connectivity index (χ0) is 16.1. The van der Waals surface area contributed by atoms with Crippen molar-refractivity contribution in [3.05, 3.63) is 34.8 Å².